The Bertz CT molecular complexity index is 4020. The fraction of sp³-hybridized carbons (Fsp3) is 0. The Morgan fingerprint density at radius 1 is 0.234 bits per heavy atom. The Hall–Kier alpha value is -8.46. The fourth-order valence-corrected chi connectivity index (χ4v) is 11.0. The highest BCUT2D eigenvalue weighted by Gasteiger charge is 2.23. The summed E-state index contributed by atoms with van der Waals surface area (Å²) < 4.78 is 4.88. The second-order valence-electron chi connectivity index (χ2n) is 17.2. The summed E-state index contributed by atoms with van der Waals surface area (Å²) in [6.45, 7) is 0. The van der Waals surface area contributed by atoms with Gasteiger partial charge < -0.3 is 9.13 Å². The van der Waals surface area contributed by atoms with Gasteiger partial charge in [0.15, 0.2) is 0 Å². The topological polar surface area (TPSA) is 9.86 Å². The lowest BCUT2D eigenvalue weighted by atomic mass is 9.89. The number of hydrogen-bond acceptors (Lipinski definition) is 0. The van der Waals surface area contributed by atoms with Crippen molar-refractivity contribution in [2.75, 3.05) is 0 Å². The first kappa shape index (κ1) is 35.2. The molecule has 64 heavy (non-hydrogen) atoms. The Labute approximate surface area is 370 Å². The van der Waals surface area contributed by atoms with Crippen molar-refractivity contribution in [3.8, 4) is 67.0 Å². The van der Waals surface area contributed by atoms with Crippen LogP contribution in [0.2, 0.25) is 0 Å². The zero-order valence-corrected chi connectivity index (χ0v) is 34.8. The molecule has 0 bridgehead atoms. The molecule has 11 aromatic carbocycles. The summed E-state index contributed by atoms with van der Waals surface area (Å²) in [7, 11) is 0. The molecule has 0 unspecified atom stereocenters. The number of hydrogen-bond donors (Lipinski definition) is 0. The molecule has 2 heterocycles. The van der Waals surface area contributed by atoms with Crippen LogP contribution in [0.5, 0.6) is 0 Å². The van der Waals surface area contributed by atoms with Crippen molar-refractivity contribution >= 4 is 65.2 Å². The normalized spacial score (nSPS) is 12.1. The van der Waals surface area contributed by atoms with E-state index < -0.39 is 0 Å². The predicted octanol–water partition coefficient (Wildman–Crippen LogP) is 16.8. The van der Waals surface area contributed by atoms with Crippen LogP contribution in [0.3, 0.4) is 0 Å². The first-order valence-electron chi connectivity index (χ1n) is 22.2. The third-order valence-corrected chi connectivity index (χ3v) is 13.9. The zero-order valence-electron chi connectivity index (χ0n) is 34.8. The van der Waals surface area contributed by atoms with Gasteiger partial charge in [0.2, 0.25) is 0 Å². The lowest BCUT2D eigenvalue weighted by Crippen LogP contribution is -1.94. The average molecular weight is 811 g/mol. The number of benzene rings is 11. The Morgan fingerprint density at radius 3 is 1.61 bits per heavy atom. The van der Waals surface area contributed by atoms with Gasteiger partial charge >= 0.3 is 0 Å². The molecule has 0 saturated heterocycles. The summed E-state index contributed by atoms with van der Waals surface area (Å²) in [4.78, 5) is 0. The van der Waals surface area contributed by atoms with Crippen molar-refractivity contribution < 1.29 is 0 Å². The lowest BCUT2D eigenvalue weighted by molar-refractivity contribution is 1.18. The Kier molecular flexibility index (Phi) is 7.43. The van der Waals surface area contributed by atoms with E-state index in [9.17, 15) is 0 Å². The van der Waals surface area contributed by atoms with Gasteiger partial charge in [0, 0.05) is 38.3 Å². The standard InChI is InChI=1S/C62H38N2/c1-2-14-43(15-3-1)64-60-38-42(28-32-52(60)56-33-27-39-13-4-5-17-46(39)62(56)64)41-29-36-59-57(37-41)51-21-10-11-24-58(51)63(59)44-30-25-40(26-31-44)45-16-6-7-18-47(45)50-34-35-55-49-20-9-8-19-48(49)53-22-12-23-54(50)61(53)55/h1-38H. The van der Waals surface area contributed by atoms with E-state index in [1.54, 1.807) is 0 Å². The van der Waals surface area contributed by atoms with Gasteiger partial charge in [-0.2, -0.15) is 0 Å². The van der Waals surface area contributed by atoms with E-state index in [-0.39, 0.29) is 0 Å². The van der Waals surface area contributed by atoms with Crippen LogP contribution in [0, 0.1) is 0 Å². The highest BCUT2D eigenvalue weighted by atomic mass is 15.0. The van der Waals surface area contributed by atoms with Crippen molar-refractivity contribution in [2.45, 2.75) is 0 Å². The molecule has 2 heteroatoms. The number of fused-ring (bicyclic) bond motifs is 11. The molecule has 13 aromatic rings. The van der Waals surface area contributed by atoms with Gasteiger partial charge in [-0.1, -0.05) is 182 Å². The zero-order chi connectivity index (χ0) is 41.9. The third-order valence-electron chi connectivity index (χ3n) is 13.9. The van der Waals surface area contributed by atoms with Gasteiger partial charge in [0.1, 0.15) is 0 Å². The monoisotopic (exact) mass is 810 g/mol. The van der Waals surface area contributed by atoms with Crippen molar-refractivity contribution in [1.82, 2.24) is 9.13 Å². The quantitative estimate of drug-likeness (QED) is 0.164. The number of rotatable bonds is 5. The van der Waals surface area contributed by atoms with E-state index in [4.69, 9.17) is 0 Å². The first-order chi connectivity index (χ1) is 31.8. The predicted molar refractivity (Wildman–Crippen MR) is 271 cm³/mol. The summed E-state index contributed by atoms with van der Waals surface area (Å²) in [6.07, 6.45) is 0. The van der Waals surface area contributed by atoms with Crippen LogP contribution in [-0.2, 0) is 0 Å². The molecule has 14 rings (SSSR count). The van der Waals surface area contributed by atoms with Crippen LogP contribution in [0.1, 0.15) is 0 Å². The molecule has 2 aromatic heterocycles. The molecule has 0 saturated carbocycles. The fourth-order valence-electron chi connectivity index (χ4n) is 11.0. The van der Waals surface area contributed by atoms with E-state index in [0.29, 0.717) is 0 Å². The average Bonchev–Trinajstić information content (AvgIpc) is 4.01. The molecule has 0 fully saturated rings. The van der Waals surface area contributed by atoms with Crippen molar-refractivity contribution in [2.24, 2.45) is 0 Å². The Balaban J connectivity index is 0.879. The lowest BCUT2D eigenvalue weighted by Gasteiger charge is -2.15. The van der Waals surface area contributed by atoms with Crippen LogP contribution in [0.4, 0.5) is 0 Å². The minimum Gasteiger partial charge on any atom is -0.309 e. The summed E-state index contributed by atoms with van der Waals surface area (Å²) in [5.41, 5.74) is 19.8. The summed E-state index contributed by atoms with van der Waals surface area (Å²) in [5.74, 6) is 0. The van der Waals surface area contributed by atoms with Gasteiger partial charge in [0.25, 0.3) is 0 Å². The number of nitrogens with zero attached hydrogens (tertiary/aromatic N) is 2. The SMILES string of the molecule is c1ccc(-n2c3cc(-c4ccc5c(c4)c4ccccc4n5-c4ccc(-c5ccccc5-c5ccc6c7c(cccc57)-c5ccccc5-6)cc4)ccc3c3ccc4ccccc4c32)cc1. The van der Waals surface area contributed by atoms with Gasteiger partial charge in [0.05, 0.1) is 22.1 Å². The molecule has 296 valence electrons. The maximum Gasteiger partial charge on any atom is 0.0619 e. The molecule has 0 atom stereocenters. The molecule has 1 aliphatic rings. The third kappa shape index (κ3) is 5.02. The minimum absolute atomic E-state index is 1.14. The smallest absolute Gasteiger partial charge is 0.0619 e. The molecule has 2 nitrogen and oxygen atoms in total. The van der Waals surface area contributed by atoms with E-state index in [1.807, 2.05) is 0 Å². The molecular weight excluding hydrogens is 773 g/mol. The second-order valence-corrected chi connectivity index (χ2v) is 17.2. The van der Waals surface area contributed by atoms with E-state index >= 15 is 0 Å². The second kappa shape index (κ2) is 13.5. The van der Waals surface area contributed by atoms with E-state index in [0.717, 1.165) is 11.4 Å². The molecule has 0 radical (unpaired) electrons. The summed E-state index contributed by atoms with van der Waals surface area (Å²) >= 11 is 0. The van der Waals surface area contributed by atoms with Crippen LogP contribution in [0.15, 0.2) is 231 Å². The first-order valence-corrected chi connectivity index (χ1v) is 22.2. The van der Waals surface area contributed by atoms with Crippen molar-refractivity contribution in [3.05, 3.63) is 231 Å². The van der Waals surface area contributed by atoms with E-state index in [2.05, 4.69) is 240 Å². The summed E-state index contributed by atoms with van der Waals surface area (Å²) in [5, 5.41) is 10.2. The molecule has 0 spiro atoms. The van der Waals surface area contributed by atoms with Gasteiger partial charge in [-0.25, -0.2) is 0 Å². The summed E-state index contributed by atoms with van der Waals surface area (Å²) in [6, 6.07) is 85.2. The van der Waals surface area contributed by atoms with Gasteiger partial charge in [-0.15, -0.1) is 0 Å². The maximum atomic E-state index is 2.45. The van der Waals surface area contributed by atoms with Crippen LogP contribution >= 0.6 is 0 Å². The van der Waals surface area contributed by atoms with Crippen molar-refractivity contribution in [1.29, 1.82) is 0 Å². The minimum atomic E-state index is 1.14. The number of aromatic nitrogens is 2. The molecular formula is C62H38N2. The van der Waals surface area contributed by atoms with Gasteiger partial charge in [-0.05, 0) is 120 Å². The molecule has 0 amide bonds. The highest BCUT2D eigenvalue weighted by Crippen LogP contribution is 2.50. The van der Waals surface area contributed by atoms with Crippen LogP contribution in [-0.4, -0.2) is 9.13 Å². The van der Waals surface area contributed by atoms with Crippen LogP contribution in [0.25, 0.3) is 132 Å². The van der Waals surface area contributed by atoms with Gasteiger partial charge in [-0.3, -0.25) is 0 Å². The maximum absolute atomic E-state index is 2.45. The highest BCUT2D eigenvalue weighted by molar-refractivity contribution is 6.21. The Morgan fingerprint density at radius 2 is 0.781 bits per heavy atom. The van der Waals surface area contributed by atoms with Crippen LogP contribution < -0.4 is 0 Å². The molecule has 0 N–H and O–H groups in total. The number of para-hydroxylation sites is 2. The largest absolute Gasteiger partial charge is 0.309 e. The van der Waals surface area contributed by atoms with Crippen molar-refractivity contribution in [3.63, 3.8) is 0 Å². The van der Waals surface area contributed by atoms with E-state index in [1.165, 1.54) is 121 Å². The molecule has 1 aliphatic carbocycles. The molecule has 0 aliphatic heterocycles.